The average Bonchev–Trinajstić information content (AvgIpc) is 2.81. The van der Waals surface area contributed by atoms with Crippen LogP contribution < -0.4 is 14.8 Å². The van der Waals surface area contributed by atoms with Crippen LogP contribution in [0.15, 0.2) is 18.2 Å². The van der Waals surface area contributed by atoms with Crippen LogP contribution in [0.4, 0.5) is 4.79 Å². The first-order chi connectivity index (χ1) is 16.5. The van der Waals surface area contributed by atoms with Gasteiger partial charge in [0, 0.05) is 6.54 Å². The number of benzene rings is 1. The summed E-state index contributed by atoms with van der Waals surface area (Å²) in [6, 6.07) is 3.57. The van der Waals surface area contributed by atoms with Crippen LogP contribution in [0, 0.1) is 11.8 Å². The smallest absolute Gasteiger partial charge is 0.480 e. The van der Waals surface area contributed by atoms with Crippen molar-refractivity contribution >= 4 is 24.1 Å². The molecule has 4 atom stereocenters. The number of carboxylic acid groups (broad SMARTS) is 1. The van der Waals surface area contributed by atoms with E-state index in [-0.39, 0.29) is 42.9 Å². The minimum Gasteiger partial charge on any atom is -0.480 e. The summed E-state index contributed by atoms with van der Waals surface area (Å²) in [5.74, 6) is -2.62. The molecule has 0 spiro atoms. The van der Waals surface area contributed by atoms with Gasteiger partial charge in [0.25, 0.3) is 0 Å². The van der Waals surface area contributed by atoms with Crippen molar-refractivity contribution in [2.24, 2.45) is 11.8 Å². The maximum absolute atomic E-state index is 12.4. The van der Waals surface area contributed by atoms with Crippen LogP contribution >= 0.6 is 0 Å². The molecule has 1 aromatic carbocycles. The van der Waals surface area contributed by atoms with E-state index < -0.39 is 36.2 Å². The Bertz CT molecular complexity index is 870. The summed E-state index contributed by atoms with van der Waals surface area (Å²) in [4.78, 5) is 47.9. The summed E-state index contributed by atoms with van der Waals surface area (Å²) in [5.41, 5.74) is 0.541. The number of carbonyl (C=O) groups is 4. The Morgan fingerprint density at radius 1 is 0.914 bits per heavy atom. The van der Waals surface area contributed by atoms with Gasteiger partial charge in [-0.15, -0.1) is 0 Å². The summed E-state index contributed by atoms with van der Waals surface area (Å²) < 4.78 is 20.7. The lowest BCUT2D eigenvalue weighted by Gasteiger charge is -2.19. The number of carbonyl (C=O) groups excluding carboxylic acids is 3. The van der Waals surface area contributed by atoms with Crippen molar-refractivity contribution in [3.63, 3.8) is 0 Å². The topological polar surface area (TPSA) is 137 Å². The zero-order valence-electron chi connectivity index (χ0n) is 21.3. The summed E-state index contributed by atoms with van der Waals surface area (Å²) in [6.45, 7) is 10.7. The Kier molecular flexibility index (Phi) is 12.8. The molecule has 35 heavy (non-hydrogen) atoms. The number of esters is 2. The van der Waals surface area contributed by atoms with Crippen LogP contribution in [0.25, 0.3) is 0 Å². The monoisotopic (exact) mass is 495 g/mol. The zero-order chi connectivity index (χ0) is 26.5. The molecule has 0 amide bonds. The van der Waals surface area contributed by atoms with Gasteiger partial charge in [-0.1, -0.05) is 33.8 Å². The second-order valence-electron chi connectivity index (χ2n) is 8.36. The van der Waals surface area contributed by atoms with Crippen molar-refractivity contribution in [1.29, 1.82) is 0 Å². The standard InChI is InChI=1S/C25H37NO9/c1-7-15(4)23(29)34-20-11-10-18(13-21(20)35-24(30)16(5)8-2)12-19(22(27)28)26-14-17(6)33-25(31)32-9-3/h10-11,13,15-17,19,26H,7-9,12,14H2,1-6H3,(H,27,28)/t15?,16?,17?,19-/m0/s1. The first kappa shape index (κ1) is 29.9. The average molecular weight is 496 g/mol. The van der Waals surface area contributed by atoms with Gasteiger partial charge in [-0.3, -0.25) is 14.4 Å². The molecule has 3 unspecified atom stereocenters. The van der Waals surface area contributed by atoms with E-state index in [1.807, 2.05) is 13.8 Å². The summed E-state index contributed by atoms with van der Waals surface area (Å²) in [5, 5.41) is 12.5. The van der Waals surface area contributed by atoms with Crippen LogP contribution in [-0.2, 0) is 30.3 Å². The molecular formula is C25H37NO9. The van der Waals surface area contributed by atoms with Gasteiger partial charge in [0.1, 0.15) is 12.1 Å². The lowest BCUT2D eigenvalue weighted by atomic mass is 10.0. The van der Waals surface area contributed by atoms with E-state index in [9.17, 15) is 24.3 Å². The molecule has 0 saturated carbocycles. The number of hydrogen-bond acceptors (Lipinski definition) is 9. The number of aliphatic carboxylic acids is 1. The summed E-state index contributed by atoms with van der Waals surface area (Å²) in [7, 11) is 0. The van der Waals surface area contributed by atoms with Crippen LogP contribution in [0.2, 0.25) is 0 Å². The molecule has 196 valence electrons. The first-order valence-electron chi connectivity index (χ1n) is 11.9. The number of hydrogen-bond donors (Lipinski definition) is 2. The van der Waals surface area contributed by atoms with Crippen LogP contribution in [0.1, 0.15) is 59.9 Å². The molecule has 0 aliphatic heterocycles. The number of nitrogens with one attached hydrogen (secondary N) is 1. The molecular weight excluding hydrogens is 458 g/mol. The van der Waals surface area contributed by atoms with Crippen molar-refractivity contribution < 1.29 is 43.2 Å². The third-order valence-electron chi connectivity index (χ3n) is 5.41. The van der Waals surface area contributed by atoms with E-state index in [0.717, 1.165) is 0 Å². The number of rotatable bonds is 14. The Labute approximate surface area is 206 Å². The van der Waals surface area contributed by atoms with Crippen molar-refractivity contribution in [2.75, 3.05) is 13.2 Å². The molecule has 0 saturated heterocycles. The lowest BCUT2D eigenvalue weighted by Crippen LogP contribution is -2.42. The minimum absolute atomic E-state index is 0.0366. The van der Waals surface area contributed by atoms with E-state index in [2.05, 4.69) is 5.32 Å². The molecule has 10 heteroatoms. The second kappa shape index (κ2) is 15.0. The first-order valence-corrected chi connectivity index (χ1v) is 11.9. The predicted molar refractivity (Wildman–Crippen MR) is 127 cm³/mol. The van der Waals surface area contributed by atoms with Gasteiger partial charge in [0.05, 0.1) is 18.4 Å². The second-order valence-corrected chi connectivity index (χ2v) is 8.36. The molecule has 0 aliphatic carbocycles. The van der Waals surface area contributed by atoms with Crippen molar-refractivity contribution in [1.82, 2.24) is 5.32 Å². The van der Waals surface area contributed by atoms with Crippen LogP contribution in [-0.4, -0.2) is 54.5 Å². The Morgan fingerprint density at radius 2 is 1.49 bits per heavy atom. The molecule has 0 bridgehead atoms. The van der Waals surface area contributed by atoms with Crippen LogP contribution in [0.3, 0.4) is 0 Å². The fourth-order valence-corrected chi connectivity index (χ4v) is 2.74. The highest BCUT2D eigenvalue weighted by atomic mass is 16.7. The largest absolute Gasteiger partial charge is 0.508 e. The normalized spacial score (nSPS) is 14.2. The zero-order valence-corrected chi connectivity index (χ0v) is 21.3. The molecule has 0 radical (unpaired) electrons. The van der Waals surface area contributed by atoms with Gasteiger partial charge >= 0.3 is 24.1 Å². The number of carboxylic acids is 1. The van der Waals surface area contributed by atoms with Crippen molar-refractivity contribution in [3.05, 3.63) is 23.8 Å². The maximum atomic E-state index is 12.4. The Hall–Kier alpha value is -3.14. The van der Waals surface area contributed by atoms with Crippen molar-refractivity contribution in [3.8, 4) is 11.5 Å². The molecule has 0 aromatic heterocycles. The quantitative estimate of drug-likeness (QED) is 0.290. The van der Waals surface area contributed by atoms with Crippen LogP contribution in [0.5, 0.6) is 11.5 Å². The van der Waals surface area contributed by atoms with Gasteiger partial charge in [0.15, 0.2) is 11.5 Å². The molecule has 0 aliphatic rings. The third-order valence-corrected chi connectivity index (χ3v) is 5.41. The highest BCUT2D eigenvalue weighted by Gasteiger charge is 2.23. The fourth-order valence-electron chi connectivity index (χ4n) is 2.74. The number of ether oxygens (including phenoxy) is 4. The molecule has 10 nitrogen and oxygen atoms in total. The van der Waals surface area contributed by atoms with E-state index >= 15 is 0 Å². The highest BCUT2D eigenvalue weighted by molar-refractivity contribution is 5.78. The van der Waals surface area contributed by atoms with Gasteiger partial charge < -0.3 is 29.4 Å². The van der Waals surface area contributed by atoms with Gasteiger partial charge in [0.2, 0.25) is 0 Å². The molecule has 1 aromatic rings. The Balaban J connectivity index is 3.04. The van der Waals surface area contributed by atoms with Crippen molar-refractivity contribution in [2.45, 2.75) is 73.0 Å². The molecule has 0 fully saturated rings. The summed E-state index contributed by atoms with van der Waals surface area (Å²) in [6.07, 6.45) is -0.260. The summed E-state index contributed by atoms with van der Waals surface area (Å²) >= 11 is 0. The van der Waals surface area contributed by atoms with E-state index in [1.54, 1.807) is 33.8 Å². The lowest BCUT2D eigenvalue weighted by molar-refractivity contribution is -0.141. The van der Waals surface area contributed by atoms with Gasteiger partial charge in [-0.25, -0.2) is 4.79 Å². The maximum Gasteiger partial charge on any atom is 0.508 e. The SMILES string of the molecule is CCOC(=O)OC(C)CN[C@@H](Cc1ccc(OC(=O)C(C)CC)c(OC(=O)C(C)CC)c1)C(=O)O. The molecule has 1 rings (SSSR count). The minimum atomic E-state index is -1.11. The predicted octanol–water partition coefficient (Wildman–Crippen LogP) is 3.74. The Morgan fingerprint density at radius 3 is 2.00 bits per heavy atom. The van der Waals surface area contributed by atoms with E-state index in [1.165, 1.54) is 12.1 Å². The fraction of sp³-hybridized carbons (Fsp3) is 0.600. The van der Waals surface area contributed by atoms with Gasteiger partial charge in [-0.05, 0) is 50.8 Å². The van der Waals surface area contributed by atoms with E-state index in [4.69, 9.17) is 18.9 Å². The molecule has 0 heterocycles. The molecule has 2 N–H and O–H groups in total. The van der Waals surface area contributed by atoms with Gasteiger partial charge in [-0.2, -0.15) is 0 Å². The van der Waals surface area contributed by atoms with E-state index in [0.29, 0.717) is 18.4 Å². The third kappa shape index (κ3) is 10.3. The highest BCUT2D eigenvalue weighted by Crippen LogP contribution is 2.31.